The molecule has 0 radical (unpaired) electrons. The first-order valence-corrected chi connectivity index (χ1v) is 6.26. The van der Waals surface area contributed by atoms with E-state index in [0.717, 1.165) is 23.3 Å². The van der Waals surface area contributed by atoms with Crippen LogP contribution < -0.4 is 11.1 Å². The van der Waals surface area contributed by atoms with Gasteiger partial charge in [0.25, 0.3) is 0 Å². The fraction of sp³-hybridized carbons (Fsp3) is 0.538. The van der Waals surface area contributed by atoms with E-state index >= 15 is 0 Å². The van der Waals surface area contributed by atoms with E-state index in [2.05, 4.69) is 35.2 Å². The van der Waals surface area contributed by atoms with Crippen molar-refractivity contribution < 1.29 is 5.11 Å². The van der Waals surface area contributed by atoms with Crippen molar-refractivity contribution in [3.63, 3.8) is 0 Å². The summed E-state index contributed by atoms with van der Waals surface area (Å²) in [6, 6.07) is 0.106. The number of aliphatic hydroxyl groups excluding tert-OH is 1. The highest BCUT2D eigenvalue weighted by atomic mass is 16.3. The minimum absolute atomic E-state index is 0.106. The molecule has 2 rings (SSSR count). The van der Waals surface area contributed by atoms with E-state index in [1.807, 2.05) is 0 Å². The van der Waals surface area contributed by atoms with Gasteiger partial charge in [-0.05, 0) is 17.9 Å². The lowest BCUT2D eigenvalue weighted by Crippen LogP contribution is -2.37. The third kappa shape index (κ3) is 2.52. The first-order chi connectivity index (χ1) is 8.63. The van der Waals surface area contributed by atoms with E-state index in [0.29, 0.717) is 18.3 Å². The summed E-state index contributed by atoms with van der Waals surface area (Å²) < 4.78 is 0. The first-order valence-electron chi connectivity index (χ1n) is 6.26. The molecule has 1 aliphatic rings. The molecule has 18 heavy (non-hydrogen) atoms. The number of rotatable bonds is 5. The van der Waals surface area contributed by atoms with Gasteiger partial charge in [0.2, 0.25) is 0 Å². The first kappa shape index (κ1) is 13.0. The standard InChI is InChI=1S/C13H20N4O/c1-8(2)11(6-18)15-5-9-3-4-10-12(9)16-7-17-13(10)14/h3,7-8,11,15,18H,4-6H2,1-2H3,(H2,14,16,17)/t11-/m1/s1. The summed E-state index contributed by atoms with van der Waals surface area (Å²) in [4.78, 5) is 8.29. The van der Waals surface area contributed by atoms with Crippen LogP contribution in [-0.2, 0) is 6.42 Å². The van der Waals surface area contributed by atoms with Gasteiger partial charge in [0.15, 0.2) is 0 Å². The predicted octanol–water partition coefficient (Wildman–Crippen LogP) is 0.605. The number of hydrogen-bond acceptors (Lipinski definition) is 5. The highest BCUT2D eigenvalue weighted by molar-refractivity contribution is 5.74. The summed E-state index contributed by atoms with van der Waals surface area (Å²) in [6.45, 7) is 5.02. The van der Waals surface area contributed by atoms with Crippen molar-refractivity contribution in [3.05, 3.63) is 23.7 Å². The summed E-state index contributed by atoms with van der Waals surface area (Å²) in [7, 11) is 0. The molecule has 0 saturated carbocycles. The van der Waals surface area contributed by atoms with Crippen LogP contribution in [0.25, 0.3) is 5.57 Å². The van der Waals surface area contributed by atoms with Crippen molar-refractivity contribution in [2.45, 2.75) is 26.3 Å². The quantitative estimate of drug-likeness (QED) is 0.711. The number of anilines is 1. The van der Waals surface area contributed by atoms with Crippen LogP contribution >= 0.6 is 0 Å². The maximum absolute atomic E-state index is 9.28. The molecule has 1 aromatic rings. The second-order valence-corrected chi connectivity index (χ2v) is 4.93. The molecule has 0 fully saturated rings. The molecule has 1 aromatic heterocycles. The van der Waals surface area contributed by atoms with E-state index in [-0.39, 0.29) is 12.6 Å². The number of aliphatic hydroxyl groups is 1. The van der Waals surface area contributed by atoms with Crippen LogP contribution in [0.2, 0.25) is 0 Å². The van der Waals surface area contributed by atoms with Gasteiger partial charge in [0, 0.05) is 18.2 Å². The van der Waals surface area contributed by atoms with Crippen LogP contribution in [0.1, 0.15) is 25.1 Å². The molecule has 0 bridgehead atoms. The van der Waals surface area contributed by atoms with Crippen molar-refractivity contribution in [1.29, 1.82) is 0 Å². The highest BCUT2D eigenvalue weighted by Gasteiger charge is 2.20. The minimum atomic E-state index is 0.106. The van der Waals surface area contributed by atoms with Gasteiger partial charge in [-0.15, -0.1) is 0 Å². The summed E-state index contributed by atoms with van der Waals surface area (Å²) in [5.74, 6) is 0.959. The summed E-state index contributed by atoms with van der Waals surface area (Å²) in [5.41, 5.74) is 8.91. The second kappa shape index (κ2) is 5.46. The number of nitrogen functional groups attached to an aromatic ring is 1. The monoisotopic (exact) mass is 248 g/mol. The Morgan fingerprint density at radius 1 is 1.44 bits per heavy atom. The highest BCUT2D eigenvalue weighted by Crippen LogP contribution is 2.27. The van der Waals surface area contributed by atoms with Gasteiger partial charge in [-0.2, -0.15) is 0 Å². The fourth-order valence-electron chi connectivity index (χ4n) is 2.13. The molecule has 1 aliphatic carbocycles. The van der Waals surface area contributed by atoms with Gasteiger partial charge in [0.05, 0.1) is 12.3 Å². The Kier molecular flexibility index (Phi) is 3.93. The number of aromatic nitrogens is 2. The average Bonchev–Trinajstić information content (AvgIpc) is 2.74. The summed E-state index contributed by atoms with van der Waals surface area (Å²) in [6.07, 6.45) is 4.42. The predicted molar refractivity (Wildman–Crippen MR) is 71.8 cm³/mol. The normalized spacial score (nSPS) is 15.7. The minimum Gasteiger partial charge on any atom is -0.395 e. The van der Waals surface area contributed by atoms with Gasteiger partial charge in [0.1, 0.15) is 12.1 Å². The molecule has 0 saturated heterocycles. The van der Waals surface area contributed by atoms with Gasteiger partial charge in [-0.1, -0.05) is 19.9 Å². The molecular formula is C13H20N4O. The van der Waals surface area contributed by atoms with Crippen LogP contribution in [0.15, 0.2) is 12.4 Å². The van der Waals surface area contributed by atoms with Crippen LogP contribution in [0.4, 0.5) is 5.82 Å². The van der Waals surface area contributed by atoms with Crippen LogP contribution in [-0.4, -0.2) is 34.3 Å². The Morgan fingerprint density at radius 2 is 2.22 bits per heavy atom. The van der Waals surface area contributed by atoms with Crippen LogP contribution in [0.3, 0.4) is 0 Å². The summed E-state index contributed by atoms with van der Waals surface area (Å²) >= 11 is 0. The van der Waals surface area contributed by atoms with E-state index < -0.39 is 0 Å². The largest absolute Gasteiger partial charge is 0.395 e. The average molecular weight is 248 g/mol. The van der Waals surface area contributed by atoms with Crippen LogP contribution in [0, 0.1) is 5.92 Å². The smallest absolute Gasteiger partial charge is 0.130 e. The molecule has 98 valence electrons. The Balaban J connectivity index is 2.04. The Hall–Kier alpha value is -1.46. The zero-order valence-electron chi connectivity index (χ0n) is 10.8. The third-order valence-corrected chi connectivity index (χ3v) is 3.39. The molecule has 1 atom stereocenters. The molecule has 0 spiro atoms. The van der Waals surface area contributed by atoms with Gasteiger partial charge in [-0.25, -0.2) is 9.97 Å². The lowest BCUT2D eigenvalue weighted by atomic mass is 10.0. The Morgan fingerprint density at radius 3 is 2.89 bits per heavy atom. The molecule has 5 heteroatoms. The second-order valence-electron chi connectivity index (χ2n) is 4.93. The van der Waals surface area contributed by atoms with Crippen molar-refractivity contribution in [3.8, 4) is 0 Å². The van der Waals surface area contributed by atoms with Crippen molar-refractivity contribution in [2.24, 2.45) is 5.92 Å². The molecule has 0 unspecified atom stereocenters. The molecule has 1 heterocycles. The van der Waals surface area contributed by atoms with Crippen LogP contribution in [0.5, 0.6) is 0 Å². The number of hydrogen-bond donors (Lipinski definition) is 3. The number of nitrogens with zero attached hydrogens (tertiary/aromatic N) is 2. The van der Waals surface area contributed by atoms with E-state index in [4.69, 9.17) is 5.73 Å². The Labute approximate surface area is 107 Å². The topological polar surface area (TPSA) is 84.1 Å². The van der Waals surface area contributed by atoms with Gasteiger partial charge >= 0.3 is 0 Å². The molecule has 4 N–H and O–H groups in total. The maximum Gasteiger partial charge on any atom is 0.130 e. The van der Waals surface area contributed by atoms with Crippen molar-refractivity contribution in [2.75, 3.05) is 18.9 Å². The Bertz CT molecular complexity index is 456. The zero-order chi connectivity index (χ0) is 13.1. The lowest BCUT2D eigenvalue weighted by Gasteiger charge is -2.20. The van der Waals surface area contributed by atoms with Gasteiger partial charge in [-0.3, -0.25) is 0 Å². The van der Waals surface area contributed by atoms with E-state index in [1.165, 1.54) is 6.33 Å². The number of allylic oxidation sites excluding steroid dienone is 1. The van der Waals surface area contributed by atoms with Crippen molar-refractivity contribution in [1.82, 2.24) is 15.3 Å². The fourth-order valence-corrected chi connectivity index (χ4v) is 2.13. The maximum atomic E-state index is 9.28. The van der Waals surface area contributed by atoms with E-state index in [1.54, 1.807) is 0 Å². The van der Waals surface area contributed by atoms with E-state index in [9.17, 15) is 5.11 Å². The summed E-state index contributed by atoms with van der Waals surface area (Å²) in [5, 5.41) is 12.6. The SMILES string of the molecule is CC(C)[C@@H](CO)NCC1=CCc2c(N)ncnc21. The number of nitrogens with two attached hydrogens (primary N) is 1. The number of fused-ring (bicyclic) bond motifs is 1. The molecule has 0 amide bonds. The van der Waals surface area contributed by atoms with Gasteiger partial charge < -0.3 is 16.2 Å². The zero-order valence-corrected chi connectivity index (χ0v) is 10.8. The molecule has 0 aliphatic heterocycles. The lowest BCUT2D eigenvalue weighted by molar-refractivity contribution is 0.215. The molecule has 5 nitrogen and oxygen atoms in total. The van der Waals surface area contributed by atoms with Crippen molar-refractivity contribution >= 4 is 11.4 Å². The number of nitrogens with one attached hydrogen (secondary N) is 1. The third-order valence-electron chi connectivity index (χ3n) is 3.39. The molecular weight excluding hydrogens is 228 g/mol. The molecule has 0 aromatic carbocycles.